The van der Waals surface area contributed by atoms with Gasteiger partial charge in [-0.25, -0.2) is 0 Å². The van der Waals surface area contributed by atoms with E-state index < -0.39 is 0 Å². The van der Waals surface area contributed by atoms with Crippen LogP contribution in [0.25, 0.3) is 11.6 Å². The summed E-state index contributed by atoms with van der Waals surface area (Å²) in [7, 11) is 0. The molecule has 21 heavy (non-hydrogen) atoms. The van der Waals surface area contributed by atoms with E-state index in [2.05, 4.69) is 66.0 Å². The van der Waals surface area contributed by atoms with Crippen LogP contribution in [0.4, 0.5) is 0 Å². The van der Waals surface area contributed by atoms with Gasteiger partial charge in [-0.3, -0.25) is 0 Å². The van der Waals surface area contributed by atoms with E-state index in [1.165, 1.54) is 53.9 Å². The van der Waals surface area contributed by atoms with Crippen LogP contribution < -0.4 is 15.8 Å². The van der Waals surface area contributed by atoms with E-state index in [1.54, 1.807) is 0 Å². The summed E-state index contributed by atoms with van der Waals surface area (Å²) >= 11 is 0. The fraction of sp³-hybridized carbons (Fsp3) is 0.300. The molecule has 108 valence electrons. The summed E-state index contributed by atoms with van der Waals surface area (Å²) in [5, 5.41) is 5.98. The predicted molar refractivity (Wildman–Crippen MR) is 91.3 cm³/mol. The van der Waals surface area contributed by atoms with Crippen LogP contribution in [0.1, 0.15) is 25.7 Å². The molecular formula is C20H23N. The summed E-state index contributed by atoms with van der Waals surface area (Å²) in [6.45, 7) is 2.50. The van der Waals surface area contributed by atoms with Gasteiger partial charge in [0.2, 0.25) is 0 Å². The van der Waals surface area contributed by atoms with E-state index in [1.807, 2.05) is 0 Å². The Morgan fingerprint density at radius 1 is 0.857 bits per heavy atom. The summed E-state index contributed by atoms with van der Waals surface area (Å²) in [5.74, 6) is 0. The van der Waals surface area contributed by atoms with Crippen molar-refractivity contribution >= 4 is 11.6 Å². The molecule has 1 nitrogen and oxygen atoms in total. The molecule has 0 aromatic heterocycles. The van der Waals surface area contributed by atoms with E-state index in [4.69, 9.17) is 0 Å². The van der Waals surface area contributed by atoms with Crippen molar-refractivity contribution < 1.29 is 0 Å². The maximum absolute atomic E-state index is 3.28. The number of rotatable bonds is 0. The Morgan fingerprint density at radius 2 is 1.71 bits per heavy atom. The zero-order valence-electron chi connectivity index (χ0n) is 12.5. The zero-order chi connectivity index (χ0) is 14.3. The smallest absolute Gasteiger partial charge is 0.00489 e. The Balaban J connectivity index is 0.000000186. The first-order valence-electron chi connectivity index (χ1n) is 8.00. The lowest BCUT2D eigenvalue weighted by Gasteiger charge is -2.09. The highest BCUT2D eigenvalue weighted by atomic mass is 14.9. The van der Waals surface area contributed by atoms with Crippen LogP contribution >= 0.6 is 0 Å². The third-order valence-electron chi connectivity index (χ3n) is 4.13. The molecule has 1 heteroatoms. The SMILES string of the molecule is C1=CCC2=c3ccccc3=CC=CC2=C1.C1CCNCC1. The molecule has 1 saturated heterocycles. The molecule has 1 fully saturated rings. The number of nitrogens with one attached hydrogen (secondary N) is 1. The fourth-order valence-corrected chi connectivity index (χ4v) is 2.97. The van der Waals surface area contributed by atoms with Crippen LogP contribution in [0, 0.1) is 0 Å². The van der Waals surface area contributed by atoms with Gasteiger partial charge in [0, 0.05) is 0 Å². The number of allylic oxidation sites excluding steroid dienone is 6. The van der Waals surface area contributed by atoms with Crippen molar-refractivity contribution in [1.82, 2.24) is 5.32 Å². The Kier molecular flexibility index (Phi) is 4.86. The van der Waals surface area contributed by atoms with Crippen molar-refractivity contribution in [3.05, 3.63) is 70.7 Å². The first kappa shape index (κ1) is 14.1. The van der Waals surface area contributed by atoms with Gasteiger partial charge >= 0.3 is 0 Å². The second-order valence-electron chi connectivity index (χ2n) is 5.66. The maximum atomic E-state index is 3.28. The van der Waals surface area contributed by atoms with Gasteiger partial charge in [0.1, 0.15) is 0 Å². The van der Waals surface area contributed by atoms with E-state index in [0.29, 0.717) is 0 Å². The molecule has 1 aromatic carbocycles. The highest BCUT2D eigenvalue weighted by Crippen LogP contribution is 2.21. The summed E-state index contributed by atoms with van der Waals surface area (Å²) in [5.41, 5.74) is 2.79. The number of benzene rings is 1. The minimum Gasteiger partial charge on any atom is -0.317 e. The molecule has 0 radical (unpaired) electrons. The number of hydrogen-bond donors (Lipinski definition) is 1. The standard InChI is InChI=1S/C15H12.C5H11N/c1-3-10-14-12(6-1)8-5-9-13-7-2-4-11-15(13)14;1-2-4-6-5-3-1/h1-10H,11H2;6H,1-5H2. The largest absolute Gasteiger partial charge is 0.317 e. The van der Waals surface area contributed by atoms with Crippen molar-refractivity contribution in [2.45, 2.75) is 25.7 Å². The molecule has 0 saturated carbocycles. The van der Waals surface area contributed by atoms with Gasteiger partial charge in [-0.2, -0.15) is 0 Å². The van der Waals surface area contributed by atoms with E-state index >= 15 is 0 Å². The Morgan fingerprint density at radius 3 is 2.48 bits per heavy atom. The molecule has 1 heterocycles. The number of fused-ring (bicyclic) bond motifs is 2. The maximum Gasteiger partial charge on any atom is -0.00489 e. The van der Waals surface area contributed by atoms with Crippen molar-refractivity contribution in [1.29, 1.82) is 0 Å². The molecule has 2 aliphatic carbocycles. The van der Waals surface area contributed by atoms with Crippen molar-refractivity contribution in [3.8, 4) is 0 Å². The molecule has 0 unspecified atom stereocenters. The average molecular weight is 277 g/mol. The molecule has 1 N–H and O–H groups in total. The van der Waals surface area contributed by atoms with Crippen molar-refractivity contribution in [2.24, 2.45) is 0 Å². The first-order valence-corrected chi connectivity index (χ1v) is 8.00. The molecule has 0 atom stereocenters. The molecule has 0 amide bonds. The molecule has 0 bridgehead atoms. The fourth-order valence-electron chi connectivity index (χ4n) is 2.97. The van der Waals surface area contributed by atoms with E-state index in [-0.39, 0.29) is 0 Å². The lowest BCUT2D eigenvalue weighted by Crippen LogP contribution is -2.26. The molecule has 1 aromatic rings. The lowest BCUT2D eigenvalue weighted by atomic mass is 9.96. The molecule has 0 spiro atoms. The van der Waals surface area contributed by atoms with Crippen LogP contribution in [0.5, 0.6) is 0 Å². The quantitative estimate of drug-likeness (QED) is 0.769. The Bertz CT molecular complexity index is 673. The molecule has 3 aliphatic rings. The lowest BCUT2D eigenvalue weighted by molar-refractivity contribution is 0.520. The van der Waals surface area contributed by atoms with Gasteiger partial charge in [0.15, 0.2) is 0 Å². The van der Waals surface area contributed by atoms with Gasteiger partial charge in [-0.05, 0) is 53.9 Å². The second kappa shape index (κ2) is 7.24. The van der Waals surface area contributed by atoms with Gasteiger partial charge in [-0.1, -0.05) is 67.1 Å². The Labute approximate surface area is 127 Å². The highest BCUT2D eigenvalue weighted by molar-refractivity contribution is 5.74. The predicted octanol–water partition coefficient (Wildman–Crippen LogP) is 2.83. The van der Waals surface area contributed by atoms with Crippen molar-refractivity contribution in [3.63, 3.8) is 0 Å². The third kappa shape index (κ3) is 3.62. The Hall–Kier alpha value is -1.86. The van der Waals surface area contributed by atoms with E-state index in [9.17, 15) is 0 Å². The highest BCUT2D eigenvalue weighted by Gasteiger charge is 2.06. The summed E-state index contributed by atoms with van der Waals surface area (Å²) in [4.78, 5) is 0. The monoisotopic (exact) mass is 277 g/mol. The van der Waals surface area contributed by atoms with E-state index in [0.717, 1.165) is 6.42 Å². The second-order valence-corrected chi connectivity index (χ2v) is 5.66. The van der Waals surface area contributed by atoms with Crippen LogP contribution in [0.2, 0.25) is 0 Å². The van der Waals surface area contributed by atoms with Crippen LogP contribution in [0.3, 0.4) is 0 Å². The summed E-state index contributed by atoms with van der Waals surface area (Å²) in [6, 6.07) is 8.59. The summed E-state index contributed by atoms with van der Waals surface area (Å²) < 4.78 is 0. The number of piperidine rings is 1. The average Bonchev–Trinajstić information content (AvgIpc) is 2.76. The van der Waals surface area contributed by atoms with Crippen LogP contribution in [-0.2, 0) is 0 Å². The molecule has 1 aliphatic heterocycles. The van der Waals surface area contributed by atoms with Crippen molar-refractivity contribution in [2.75, 3.05) is 13.1 Å². The normalized spacial score (nSPS) is 19.2. The minimum absolute atomic E-state index is 1.04. The topological polar surface area (TPSA) is 12.0 Å². The zero-order valence-corrected chi connectivity index (χ0v) is 12.5. The van der Waals surface area contributed by atoms with Crippen LogP contribution in [-0.4, -0.2) is 13.1 Å². The van der Waals surface area contributed by atoms with Gasteiger partial charge in [-0.15, -0.1) is 0 Å². The summed E-state index contributed by atoms with van der Waals surface area (Å²) in [6.07, 6.45) is 18.3. The molecular weight excluding hydrogens is 254 g/mol. The minimum atomic E-state index is 1.04. The third-order valence-corrected chi connectivity index (χ3v) is 4.13. The number of hydrogen-bond acceptors (Lipinski definition) is 1. The van der Waals surface area contributed by atoms with Gasteiger partial charge in [0.25, 0.3) is 0 Å². The van der Waals surface area contributed by atoms with Crippen LogP contribution in [0.15, 0.2) is 60.2 Å². The van der Waals surface area contributed by atoms with Gasteiger partial charge in [0.05, 0.1) is 0 Å². The molecule has 4 rings (SSSR count). The van der Waals surface area contributed by atoms with Gasteiger partial charge < -0.3 is 5.32 Å². The first-order chi connectivity index (χ1) is 10.4.